The van der Waals surface area contributed by atoms with Crippen LogP contribution in [-0.2, 0) is 9.59 Å². The van der Waals surface area contributed by atoms with Crippen molar-refractivity contribution in [1.29, 1.82) is 0 Å². The number of hydrogen-bond acceptors (Lipinski definition) is 5. The standard InChI is InChI=1S/C19H28N4O3/c1-21-10-12-23(13-11-21)17-4-2-16(3-5-17)20-19(26)15-6-8-22(9-7-15)14-18(24)25/h2-5,15H,6-14H2,1H3,(H,20,26)(H,24,25). The molecule has 0 radical (unpaired) electrons. The Labute approximate surface area is 154 Å². The molecule has 0 aromatic heterocycles. The molecule has 7 nitrogen and oxygen atoms in total. The Morgan fingerprint density at radius 1 is 1.04 bits per heavy atom. The van der Waals surface area contributed by atoms with Crippen LogP contribution in [0.15, 0.2) is 24.3 Å². The van der Waals surface area contributed by atoms with Crippen molar-refractivity contribution in [3.05, 3.63) is 24.3 Å². The number of amides is 1. The van der Waals surface area contributed by atoms with Crippen LogP contribution < -0.4 is 10.2 Å². The molecule has 2 fully saturated rings. The van der Waals surface area contributed by atoms with E-state index in [1.54, 1.807) is 0 Å². The molecule has 1 amide bonds. The number of likely N-dealkylation sites (N-methyl/N-ethyl adjacent to an activating group) is 1. The van der Waals surface area contributed by atoms with Crippen molar-refractivity contribution in [3.63, 3.8) is 0 Å². The third kappa shape index (κ3) is 4.95. The van der Waals surface area contributed by atoms with Crippen LogP contribution in [0.25, 0.3) is 0 Å². The lowest BCUT2D eigenvalue weighted by Gasteiger charge is -2.34. The van der Waals surface area contributed by atoms with E-state index in [1.165, 1.54) is 5.69 Å². The number of piperidine rings is 1. The van der Waals surface area contributed by atoms with Crippen molar-refractivity contribution < 1.29 is 14.7 Å². The van der Waals surface area contributed by atoms with Crippen LogP contribution in [0, 0.1) is 5.92 Å². The van der Waals surface area contributed by atoms with Gasteiger partial charge in [-0.1, -0.05) is 0 Å². The number of carboxylic acid groups (broad SMARTS) is 1. The number of rotatable bonds is 5. The van der Waals surface area contributed by atoms with Crippen LogP contribution in [0.3, 0.4) is 0 Å². The second-order valence-electron chi connectivity index (χ2n) is 7.27. The van der Waals surface area contributed by atoms with Gasteiger partial charge in [-0.3, -0.25) is 14.5 Å². The van der Waals surface area contributed by atoms with Crippen molar-refractivity contribution in [2.45, 2.75) is 12.8 Å². The normalized spacial score (nSPS) is 20.1. The summed E-state index contributed by atoms with van der Waals surface area (Å²) in [6.45, 7) is 5.56. The SMILES string of the molecule is CN1CCN(c2ccc(NC(=O)C3CCN(CC(=O)O)CC3)cc2)CC1. The zero-order chi connectivity index (χ0) is 18.5. The predicted octanol–water partition coefficient (Wildman–Crippen LogP) is 1.17. The zero-order valence-corrected chi connectivity index (χ0v) is 15.4. The molecule has 0 bridgehead atoms. The summed E-state index contributed by atoms with van der Waals surface area (Å²) in [6, 6.07) is 8.06. The highest BCUT2D eigenvalue weighted by Gasteiger charge is 2.26. The molecule has 2 N–H and O–H groups in total. The first kappa shape index (κ1) is 18.7. The van der Waals surface area contributed by atoms with Crippen molar-refractivity contribution in [2.24, 2.45) is 5.92 Å². The van der Waals surface area contributed by atoms with Crippen LogP contribution in [-0.4, -0.2) is 79.6 Å². The minimum Gasteiger partial charge on any atom is -0.480 e. The summed E-state index contributed by atoms with van der Waals surface area (Å²) in [7, 11) is 2.14. The molecule has 0 saturated carbocycles. The molecule has 2 saturated heterocycles. The number of benzene rings is 1. The Morgan fingerprint density at radius 3 is 2.23 bits per heavy atom. The molecule has 3 rings (SSSR count). The number of piperazine rings is 1. The van der Waals surface area contributed by atoms with Crippen molar-refractivity contribution in [2.75, 3.05) is 63.1 Å². The van der Waals surface area contributed by atoms with Gasteiger partial charge in [-0.15, -0.1) is 0 Å². The van der Waals surface area contributed by atoms with E-state index in [2.05, 4.69) is 34.3 Å². The molecule has 26 heavy (non-hydrogen) atoms. The van der Waals surface area contributed by atoms with Gasteiger partial charge in [0.1, 0.15) is 0 Å². The number of nitrogens with one attached hydrogen (secondary N) is 1. The number of nitrogens with zero attached hydrogens (tertiary/aromatic N) is 3. The number of likely N-dealkylation sites (tertiary alicyclic amines) is 1. The van der Waals surface area contributed by atoms with Crippen LogP contribution >= 0.6 is 0 Å². The Balaban J connectivity index is 1.48. The van der Waals surface area contributed by atoms with Crippen molar-refractivity contribution in [3.8, 4) is 0 Å². The first-order chi connectivity index (χ1) is 12.5. The molecular formula is C19H28N4O3. The summed E-state index contributed by atoms with van der Waals surface area (Å²) in [5.74, 6) is -0.821. The number of carbonyl (C=O) groups is 2. The third-order valence-electron chi connectivity index (χ3n) is 5.32. The van der Waals surface area contributed by atoms with Gasteiger partial charge in [0.25, 0.3) is 0 Å². The number of aliphatic carboxylic acids is 1. The molecule has 0 unspecified atom stereocenters. The molecule has 0 aliphatic carbocycles. The molecule has 2 aliphatic heterocycles. The van der Waals surface area contributed by atoms with Crippen molar-refractivity contribution >= 4 is 23.3 Å². The van der Waals surface area contributed by atoms with Gasteiger partial charge in [0.15, 0.2) is 0 Å². The Hall–Kier alpha value is -2.12. The highest BCUT2D eigenvalue weighted by atomic mass is 16.4. The van der Waals surface area contributed by atoms with Gasteiger partial charge in [0, 0.05) is 43.5 Å². The molecule has 0 atom stereocenters. The average molecular weight is 360 g/mol. The van der Waals surface area contributed by atoms with E-state index in [0.717, 1.165) is 31.9 Å². The summed E-state index contributed by atoms with van der Waals surface area (Å²) in [6.07, 6.45) is 1.41. The topological polar surface area (TPSA) is 76.1 Å². The highest BCUT2D eigenvalue weighted by Crippen LogP contribution is 2.22. The molecular weight excluding hydrogens is 332 g/mol. The van der Waals surface area contributed by atoms with E-state index in [0.29, 0.717) is 25.9 Å². The van der Waals surface area contributed by atoms with E-state index in [1.807, 2.05) is 17.0 Å². The van der Waals surface area contributed by atoms with Crippen LogP contribution in [0.1, 0.15) is 12.8 Å². The second-order valence-corrected chi connectivity index (χ2v) is 7.27. The minimum absolute atomic E-state index is 0.0346. The lowest BCUT2D eigenvalue weighted by Crippen LogP contribution is -2.44. The maximum atomic E-state index is 12.5. The van der Waals surface area contributed by atoms with Gasteiger partial charge in [-0.05, 0) is 57.2 Å². The molecule has 142 valence electrons. The molecule has 0 spiro atoms. The maximum absolute atomic E-state index is 12.5. The molecule has 7 heteroatoms. The third-order valence-corrected chi connectivity index (χ3v) is 5.32. The van der Waals surface area contributed by atoms with E-state index < -0.39 is 5.97 Å². The van der Waals surface area contributed by atoms with Crippen LogP contribution in [0.4, 0.5) is 11.4 Å². The monoisotopic (exact) mass is 360 g/mol. The van der Waals surface area contributed by atoms with E-state index in [-0.39, 0.29) is 18.4 Å². The lowest BCUT2D eigenvalue weighted by molar-refractivity contribution is -0.138. The molecule has 2 heterocycles. The number of carbonyl (C=O) groups excluding carboxylic acids is 1. The summed E-state index contributed by atoms with van der Waals surface area (Å²) >= 11 is 0. The van der Waals surface area contributed by atoms with Crippen molar-refractivity contribution in [1.82, 2.24) is 9.80 Å². The Kier molecular flexibility index (Phi) is 6.11. The smallest absolute Gasteiger partial charge is 0.317 e. The Morgan fingerprint density at radius 2 is 1.65 bits per heavy atom. The van der Waals surface area contributed by atoms with Crippen LogP contribution in [0.2, 0.25) is 0 Å². The summed E-state index contributed by atoms with van der Waals surface area (Å²) < 4.78 is 0. The largest absolute Gasteiger partial charge is 0.480 e. The fraction of sp³-hybridized carbons (Fsp3) is 0.579. The van der Waals surface area contributed by atoms with Crippen LogP contribution in [0.5, 0.6) is 0 Å². The minimum atomic E-state index is -0.812. The second kappa shape index (κ2) is 8.51. The first-order valence-electron chi connectivity index (χ1n) is 9.30. The van der Waals surface area contributed by atoms with Gasteiger partial charge in [-0.2, -0.15) is 0 Å². The quantitative estimate of drug-likeness (QED) is 0.821. The van der Waals surface area contributed by atoms with E-state index in [9.17, 15) is 9.59 Å². The molecule has 1 aromatic rings. The Bertz CT molecular complexity index is 618. The first-order valence-corrected chi connectivity index (χ1v) is 9.30. The maximum Gasteiger partial charge on any atom is 0.317 e. The van der Waals surface area contributed by atoms with E-state index >= 15 is 0 Å². The lowest BCUT2D eigenvalue weighted by atomic mass is 9.96. The van der Waals surface area contributed by atoms with Gasteiger partial charge in [0.2, 0.25) is 5.91 Å². The summed E-state index contributed by atoms with van der Waals surface area (Å²) in [5, 5.41) is 11.8. The average Bonchev–Trinajstić information content (AvgIpc) is 2.63. The number of anilines is 2. The van der Waals surface area contributed by atoms with Gasteiger partial charge in [0.05, 0.1) is 6.54 Å². The van der Waals surface area contributed by atoms with E-state index in [4.69, 9.17) is 5.11 Å². The highest BCUT2D eigenvalue weighted by molar-refractivity contribution is 5.92. The number of hydrogen-bond donors (Lipinski definition) is 2. The van der Waals surface area contributed by atoms with Gasteiger partial charge in [-0.25, -0.2) is 0 Å². The zero-order valence-electron chi connectivity index (χ0n) is 15.4. The van der Waals surface area contributed by atoms with Gasteiger partial charge < -0.3 is 20.2 Å². The summed E-state index contributed by atoms with van der Waals surface area (Å²) in [5.41, 5.74) is 2.01. The molecule has 2 aliphatic rings. The molecule has 1 aromatic carbocycles. The predicted molar refractivity (Wildman–Crippen MR) is 102 cm³/mol. The summed E-state index contributed by atoms with van der Waals surface area (Å²) in [4.78, 5) is 29.8. The fourth-order valence-electron chi connectivity index (χ4n) is 3.61. The van der Waals surface area contributed by atoms with Gasteiger partial charge >= 0.3 is 5.97 Å². The fourth-order valence-corrected chi connectivity index (χ4v) is 3.61. The number of carboxylic acids is 1.